The van der Waals surface area contributed by atoms with Crippen molar-refractivity contribution in [3.05, 3.63) is 59.7 Å². The van der Waals surface area contributed by atoms with E-state index in [1.165, 1.54) is 0 Å². The lowest BCUT2D eigenvalue weighted by Crippen LogP contribution is -2.47. The van der Waals surface area contributed by atoms with Crippen LogP contribution >= 0.6 is 47.8 Å². The number of halogens is 3. The van der Waals surface area contributed by atoms with E-state index >= 15 is 0 Å². The fourth-order valence-corrected chi connectivity index (χ4v) is 2.55. The van der Waals surface area contributed by atoms with Gasteiger partial charge in [-0.05, 0) is 31.2 Å². The molecule has 1 atom stereocenters. The van der Waals surface area contributed by atoms with Gasteiger partial charge in [-0.3, -0.25) is 4.79 Å². The maximum atomic E-state index is 12.5. The number of carbonyl (C=O) groups is 1. The lowest BCUT2D eigenvalue weighted by Gasteiger charge is -2.28. The van der Waals surface area contributed by atoms with Crippen LogP contribution in [0, 0.1) is 6.92 Å². The number of nitrogens with one attached hydrogen (secondary N) is 1. The minimum absolute atomic E-state index is 0.252. The molecule has 0 radical (unpaired) electrons. The summed E-state index contributed by atoms with van der Waals surface area (Å²) in [5.41, 5.74) is 1.63. The zero-order valence-corrected chi connectivity index (χ0v) is 17.8. The molecule has 0 spiro atoms. The van der Waals surface area contributed by atoms with E-state index in [2.05, 4.69) is 53.1 Å². The van der Waals surface area contributed by atoms with Crippen molar-refractivity contribution >= 4 is 53.7 Å². The average molecular weight is 522 g/mol. The summed E-state index contributed by atoms with van der Waals surface area (Å²) in [6.45, 7) is 1.97. The highest BCUT2D eigenvalue weighted by Gasteiger charge is 2.35. The van der Waals surface area contributed by atoms with Gasteiger partial charge < -0.3 is 14.8 Å². The van der Waals surface area contributed by atoms with E-state index in [9.17, 15) is 4.79 Å². The Hall–Kier alpha value is -1.05. The number of hydrogen-bond acceptors (Lipinski definition) is 3. The van der Waals surface area contributed by atoms with Gasteiger partial charge >= 0.3 is 0 Å². The Morgan fingerprint density at radius 1 is 1.04 bits per heavy atom. The van der Waals surface area contributed by atoms with Crippen LogP contribution in [0.4, 0.5) is 0 Å². The highest BCUT2D eigenvalue weighted by Crippen LogP contribution is 2.39. The average Bonchev–Trinajstić information content (AvgIpc) is 2.54. The number of benzene rings is 2. The number of para-hydroxylation sites is 2. The van der Waals surface area contributed by atoms with Gasteiger partial charge in [0, 0.05) is 5.56 Å². The molecule has 0 aliphatic heterocycles. The third kappa shape index (κ3) is 5.22. The molecular weight excluding hydrogens is 506 g/mol. The van der Waals surface area contributed by atoms with E-state index in [1.807, 2.05) is 31.2 Å². The number of alkyl halides is 3. The monoisotopic (exact) mass is 519 g/mol. The highest BCUT2D eigenvalue weighted by atomic mass is 80.0. The fourth-order valence-electron chi connectivity index (χ4n) is 1.93. The summed E-state index contributed by atoms with van der Waals surface area (Å²) in [5.74, 6) is 0.832. The Morgan fingerprint density at radius 3 is 2.17 bits per heavy atom. The first kappa shape index (κ1) is 19.3. The predicted molar refractivity (Wildman–Crippen MR) is 106 cm³/mol. The molecule has 2 aromatic carbocycles. The number of ether oxygens (including phenoxy) is 2. The summed E-state index contributed by atoms with van der Waals surface area (Å²) in [6.07, 6.45) is -0.748. The summed E-state index contributed by atoms with van der Waals surface area (Å²) >= 11 is 10.2. The lowest BCUT2D eigenvalue weighted by molar-refractivity contribution is 0.0841. The van der Waals surface area contributed by atoms with Crippen LogP contribution in [0.1, 0.15) is 15.9 Å². The fraction of sp³-hybridized carbons (Fsp3) is 0.235. The number of aryl methyl sites for hydroxylation is 1. The van der Waals surface area contributed by atoms with Gasteiger partial charge in [-0.2, -0.15) is 0 Å². The van der Waals surface area contributed by atoms with Crippen LogP contribution in [-0.4, -0.2) is 21.4 Å². The molecule has 0 saturated carbocycles. The standard InChI is InChI=1S/C17H16Br3NO3/c1-11-7-9-12(10-8-11)15(22)21-16(17(18,19)20)24-14-6-4-3-5-13(14)23-2/h3-10,16H,1-2H3,(H,21,22). The molecule has 0 aliphatic rings. The molecule has 1 unspecified atom stereocenters. The van der Waals surface area contributed by atoms with Gasteiger partial charge in [-0.15, -0.1) is 0 Å². The Balaban J connectivity index is 2.20. The molecule has 0 bridgehead atoms. The van der Waals surface area contributed by atoms with Crippen molar-refractivity contribution in [2.75, 3.05) is 7.11 Å². The SMILES string of the molecule is COc1ccccc1OC(NC(=O)c1ccc(C)cc1)C(Br)(Br)Br. The van der Waals surface area contributed by atoms with Crippen molar-refractivity contribution in [2.24, 2.45) is 0 Å². The van der Waals surface area contributed by atoms with Crippen LogP contribution in [0.5, 0.6) is 11.5 Å². The maximum Gasteiger partial charge on any atom is 0.254 e. The summed E-state index contributed by atoms with van der Waals surface area (Å²) in [5, 5.41) is 2.84. The smallest absolute Gasteiger partial charge is 0.254 e. The molecule has 0 aliphatic carbocycles. The van der Waals surface area contributed by atoms with Crippen LogP contribution in [-0.2, 0) is 0 Å². The van der Waals surface area contributed by atoms with E-state index in [-0.39, 0.29) is 5.91 Å². The summed E-state index contributed by atoms with van der Waals surface area (Å²) in [7, 11) is 1.56. The largest absolute Gasteiger partial charge is 0.493 e. The van der Waals surface area contributed by atoms with E-state index in [1.54, 1.807) is 31.4 Å². The molecule has 2 aromatic rings. The summed E-state index contributed by atoms with van der Waals surface area (Å²) < 4.78 is 10.3. The van der Waals surface area contributed by atoms with Crippen LogP contribution < -0.4 is 14.8 Å². The van der Waals surface area contributed by atoms with Crippen molar-refractivity contribution in [1.82, 2.24) is 5.32 Å². The molecule has 7 heteroatoms. The molecule has 0 fully saturated rings. The number of amides is 1. The second-order valence-electron chi connectivity index (χ2n) is 5.03. The molecule has 0 aromatic heterocycles. The third-order valence-electron chi connectivity index (χ3n) is 3.19. The number of carbonyl (C=O) groups excluding carboxylic acids is 1. The normalized spacial score (nSPS) is 12.4. The molecule has 24 heavy (non-hydrogen) atoms. The van der Waals surface area contributed by atoms with Gasteiger partial charge in [-0.1, -0.05) is 77.6 Å². The number of methoxy groups -OCH3 is 1. The second kappa shape index (κ2) is 8.36. The maximum absolute atomic E-state index is 12.5. The van der Waals surface area contributed by atoms with Gasteiger partial charge in [0.25, 0.3) is 5.91 Å². The zero-order chi connectivity index (χ0) is 17.7. The van der Waals surface area contributed by atoms with E-state index in [4.69, 9.17) is 9.47 Å². The minimum Gasteiger partial charge on any atom is -0.493 e. The van der Waals surface area contributed by atoms with Crippen LogP contribution in [0.25, 0.3) is 0 Å². The molecule has 0 heterocycles. The first-order valence-corrected chi connectivity index (χ1v) is 9.43. The van der Waals surface area contributed by atoms with E-state index in [0.717, 1.165) is 5.56 Å². The quantitative estimate of drug-likeness (QED) is 0.446. The van der Waals surface area contributed by atoms with Crippen LogP contribution in [0.15, 0.2) is 48.5 Å². The van der Waals surface area contributed by atoms with Gasteiger partial charge in [0.05, 0.1) is 7.11 Å². The Labute approximate surface area is 166 Å². The second-order valence-corrected chi connectivity index (χ2v) is 12.0. The molecule has 1 N–H and O–H groups in total. The zero-order valence-electron chi connectivity index (χ0n) is 13.1. The van der Waals surface area contributed by atoms with Crippen LogP contribution in [0.3, 0.4) is 0 Å². The predicted octanol–water partition coefficient (Wildman–Crippen LogP) is 4.98. The first-order valence-electron chi connectivity index (χ1n) is 7.05. The van der Waals surface area contributed by atoms with Crippen molar-refractivity contribution in [1.29, 1.82) is 0 Å². The lowest BCUT2D eigenvalue weighted by atomic mass is 10.1. The topological polar surface area (TPSA) is 47.6 Å². The number of rotatable bonds is 5. The van der Waals surface area contributed by atoms with Crippen molar-refractivity contribution in [3.8, 4) is 11.5 Å². The van der Waals surface area contributed by atoms with Gasteiger partial charge in [0.1, 0.15) is 0 Å². The van der Waals surface area contributed by atoms with E-state index in [0.29, 0.717) is 17.1 Å². The van der Waals surface area contributed by atoms with Gasteiger partial charge in [-0.25, -0.2) is 0 Å². The van der Waals surface area contributed by atoms with Gasteiger partial charge in [0.15, 0.2) is 13.6 Å². The first-order chi connectivity index (χ1) is 11.3. The molecule has 2 rings (SSSR count). The molecular formula is C17H16Br3NO3. The Kier molecular flexibility index (Phi) is 6.71. The number of hydrogen-bond donors (Lipinski definition) is 1. The molecule has 128 valence electrons. The molecule has 4 nitrogen and oxygen atoms in total. The van der Waals surface area contributed by atoms with Crippen molar-refractivity contribution < 1.29 is 14.3 Å². The van der Waals surface area contributed by atoms with Gasteiger partial charge in [0.2, 0.25) is 6.23 Å². The summed E-state index contributed by atoms with van der Waals surface area (Å²) in [4.78, 5) is 12.5. The minimum atomic E-state index is -0.853. The molecule has 1 amide bonds. The third-order valence-corrected chi connectivity index (χ3v) is 4.43. The highest BCUT2D eigenvalue weighted by molar-refractivity contribution is 9.39. The van der Waals surface area contributed by atoms with Crippen molar-refractivity contribution in [3.63, 3.8) is 0 Å². The van der Waals surface area contributed by atoms with E-state index < -0.39 is 8.37 Å². The molecule has 0 saturated heterocycles. The van der Waals surface area contributed by atoms with Crippen LogP contribution in [0.2, 0.25) is 0 Å². The Morgan fingerprint density at radius 2 is 1.62 bits per heavy atom. The van der Waals surface area contributed by atoms with Crippen molar-refractivity contribution in [2.45, 2.75) is 15.3 Å². The summed E-state index contributed by atoms with van der Waals surface area (Å²) in [6, 6.07) is 14.5. The Bertz CT molecular complexity index is 699.